The van der Waals surface area contributed by atoms with Crippen LogP contribution in [0.4, 0.5) is 0 Å². The van der Waals surface area contributed by atoms with E-state index in [-0.39, 0.29) is 11.9 Å². The number of aryl methyl sites for hydroxylation is 3. The molecule has 0 saturated heterocycles. The van der Waals surface area contributed by atoms with Crippen molar-refractivity contribution in [3.8, 4) is 0 Å². The molecule has 0 aliphatic heterocycles. The quantitative estimate of drug-likeness (QED) is 0.916. The highest BCUT2D eigenvalue weighted by Gasteiger charge is 2.26. The lowest BCUT2D eigenvalue weighted by Crippen LogP contribution is -2.31. The van der Waals surface area contributed by atoms with Crippen LogP contribution in [-0.2, 0) is 6.42 Å². The molecule has 4 nitrogen and oxygen atoms in total. The van der Waals surface area contributed by atoms with Crippen LogP contribution in [0.25, 0.3) is 0 Å². The first-order valence-electron chi connectivity index (χ1n) is 6.46. The summed E-state index contributed by atoms with van der Waals surface area (Å²) >= 11 is 1.74. The zero-order chi connectivity index (χ0) is 13.4. The van der Waals surface area contributed by atoms with Gasteiger partial charge in [0.2, 0.25) is 0 Å². The average molecular weight is 276 g/mol. The minimum Gasteiger partial charge on any atom is -0.469 e. The fourth-order valence-corrected chi connectivity index (χ4v) is 3.58. The van der Waals surface area contributed by atoms with Gasteiger partial charge in [0.1, 0.15) is 5.76 Å². The number of fused-ring (bicyclic) bond motifs is 1. The summed E-state index contributed by atoms with van der Waals surface area (Å²) in [6.45, 7) is 3.82. The number of nitrogens with one attached hydrogen (secondary N) is 1. The van der Waals surface area contributed by atoms with E-state index in [1.807, 2.05) is 6.92 Å². The molecule has 2 aromatic heterocycles. The lowest BCUT2D eigenvalue weighted by atomic mass is 9.97. The van der Waals surface area contributed by atoms with Crippen molar-refractivity contribution in [3.05, 3.63) is 39.2 Å². The maximum absolute atomic E-state index is 12.2. The Kier molecular flexibility index (Phi) is 3.14. The van der Waals surface area contributed by atoms with Crippen molar-refractivity contribution < 1.29 is 9.21 Å². The highest BCUT2D eigenvalue weighted by Crippen LogP contribution is 2.33. The van der Waals surface area contributed by atoms with Crippen LogP contribution < -0.4 is 5.32 Å². The van der Waals surface area contributed by atoms with Gasteiger partial charge in [0.05, 0.1) is 28.6 Å². The number of nitrogens with zero attached hydrogens (tertiary/aromatic N) is 1. The first-order chi connectivity index (χ1) is 9.15. The van der Waals surface area contributed by atoms with Gasteiger partial charge < -0.3 is 9.73 Å². The van der Waals surface area contributed by atoms with Crippen molar-refractivity contribution in [2.75, 3.05) is 0 Å². The van der Waals surface area contributed by atoms with Crippen molar-refractivity contribution >= 4 is 17.2 Å². The fourth-order valence-electron chi connectivity index (χ4n) is 2.54. The summed E-state index contributed by atoms with van der Waals surface area (Å²) in [6.07, 6.45) is 4.68. The Bertz CT molecular complexity index is 615. The lowest BCUT2D eigenvalue weighted by molar-refractivity contribution is 0.0930. The minimum absolute atomic E-state index is 0.0375. The monoisotopic (exact) mass is 276 g/mol. The number of carbonyl (C=O) groups excluding carboxylic acids is 1. The van der Waals surface area contributed by atoms with Crippen molar-refractivity contribution in [3.63, 3.8) is 0 Å². The summed E-state index contributed by atoms with van der Waals surface area (Å²) in [4.78, 5) is 18.1. The van der Waals surface area contributed by atoms with Crippen molar-refractivity contribution in [2.24, 2.45) is 0 Å². The second kappa shape index (κ2) is 4.81. The summed E-state index contributed by atoms with van der Waals surface area (Å²) < 4.78 is 5.17. The normalized spacial score (nSPS) is 18.1. The number of aromatic nitrogens is 1. The van der Waals surface area contributed by atoms with Gasteiger partial charge in [-0.05, 0) is 39.2 Å². The molecule has 0 fully saturated rings. The molecule has 1 atom stereocenters. The highest BCUT2D eigenvalue weighted by molar-refractivity contribution is 7.11. The Morgan fingerprint density at radius 2 is 2.37 bits per heavy atom. The molecule has 19 heavy (non-hydrogen) atoms. The second-order valence-corrected chi connectivity index (χ2v) is 6.14. The summed E-state index contributed by atoms with van der Waals surface area (Å²) in [5.41, 5.74) is 1.67. The van der Waals surface area contributed by atoms with E-state index < -0.39 is 0 Å². The van der Waals surface area contributed by atoms with Gasteiger partial charge in [-0.1, -0.05) is 0 Å². The Morgan fingerprint density at radius 3 is 3.11 bits per heavy atom. The molecule has 0 unspecified atom stereocenters. The third-order valence-corrected chi connectivity index (χ3v) is 4.52. The van der Waals surface area contributed by atoms with Gasteiger partial charge in [0.25, 0.3) is 5.91 Å². The lowest BCUT2D eigenvalue weighted by Gasteiger charge is -2.22. The van der Waals surface area contributed by atoms with E-state index in [1.54, 1.807) is 30.6 Å². The molecule has 0 radical (unpaired) electrons. The molecule has 0 saturated carbocycles. The molecule has 0 bridgehead atoms. The van der Waals surface area contributed by atoms with Gasteiger partial charge in [-0.2, -0.15) is 0 Å². The smallest absolute Gasteiger partial charge is 0.255 e. The van der Waals surface area contributed by atoms with E-state index in [9.17, 15) is 4.79 Å². The number of thiazole rings is 1. The van der Waals surface area contributed by atoms with Crippen LogP contribution in [0.5, 0.6) is 0 Å². The van der Waals surface area contributed by atoms with Crippen LogP contribution in [0.1, 0.15) is 50.6 Å². The first-order valence-corrected chi connectivity index (χ1v) is 7.28. The average Bonchev–Trinajstić information content (AvgIpc) is 2.94. The summed E-state index contributed by atoms with van der Waals surface area (Å²) in [5, 5.41) is 4.15. The maximum atomic E-state index is 12.2. The molecule has 1 aliphatic carbocycles. The Hall–Kier alpha value is -1.62. The van der Waals surface area contributed by atoms with E-state index in [2.05, 4.69) is 10.3 Å². The molecule has 2 aromatic rings. The minimum atomic E-state index is -0.0743. The molecular formula is C14H16N2O2S. The molecular weight excluding hydrogens is 260 g/mol. The van der Waals surface area contributed by atoms with E-state index in [0.717, 1.165) is 30.0 Å². The van der Waals surface area contributed by atoms with Crippen LogP contribution >= 0.6 is 11.3 Å². The summed E-state index contributed by atoms with van der Waals surface area (Å²) in [5.74, 6) is 0.581. The molecule has 5 heteroatoms. The van der Waals surface area contributed by atoms with E-state index in [1.165, 1.54) is 4.88 Å². The number of hydrogen-bond donors (Lipinski definition) is 1. The predicted octanol–water partition coefficient (Wildman–Crippen LogP) is 3.16. The van der Waals surface area contributed by atoms with Gasteiger partial charge in [-0.15, -0.1) is 11.3 Å². The first kappa shape index (κ1) is 12.4. The van der Waals surface area contributed by atoms with Gasteiger partial charge in [0.15, 0.2) is 0 Å². The second-order valence-electron chi connectivity index (χ2n) is 4.85. The third kappa shape index (κ3) is 2.30. The molecule has 1 N–H and O–H groups in total. The summed E-state index contributed by atoms with van der Waals surface area (Å²) in [7, 11) is 0. The molecule has 1 aliphatic rings. The SMILES string of the molecule is Cc1nc2c(s1)CCC[C@@H]2NC(=O)c1ccoc1C. The number of amides is 1. The van der Waals surface area contributed by atoms with Crippen molar-refractivity contribution in [1.82, 2.24) is 10.3 Å². The zero-order valence-electron chi connectivity index (χ0n) is 11.0. The van der Waals surface area contributed by atoms with E-state index >= 15 is 0 Å². The topological polar surface area (TPSA) is 55.1 Å². The van der Waals surface area contributed by atoms with Crippen LogP contribution in [0, 0.1) is 13.8 Å². The largest absolute Gasteiger partial charge is 0.469 e. The molecule has 0 aromatic carbocycles. The molecule has 0 spiro atoms. The van der Waals surface area contributed by atoms with Gasteiger partial charge in [0, 0.05) is 4.88 Å². The van der Waals surface area contributed by atoms with Crippen LogP contribution in [0.15, 0.2) is 16.7 Å². The van der Waals surface area contributed by atoms with Gasteiger partial charge in [-0.3, -0.25) is 4.79 Å². The molecule has 3 rings (SSSR count). The molecule has 2 heterocycles. The standard InChI is InChI=1S/C14H16N2O2S/c1-8-10(6-7-18-8)14(17)16-11-4-3-5-12-13(11)15-9(2)19-12/h6-7,11H,3-5H2,1-2H3,(H,16,17)/t11-/m0/s1. The highest BCUT2D eigenvalue weighted by atomic mass is 32.1. The van der Waals surface area contributed by atoms with Crippen molar-refractivity contribution in [2.45, 2.75) is 39.2 Å². The Morgan fingerprint density at radius 1 is 1.53 bits per heavy atom. The maximum Gasteiger partial charge on any atom is 0.255 e. The van der Waals surface area contributed by atoms with Crippen molar-refractivity contribution in [1.29, 1.82) is 0 Å². The fraction of sp³-hybridized carbons (Fsp3) is 0.429. The summed E-state index contributed by atoms with van der Waals surface area (Å²) in [6, 6.07) is 1.75. The Labute approximate surface area is 115 Å². The number of carbonyl (C=O) groups is 1. The van der Waals surface area contributed by atoms with Crippen LogP contribution in [-0.4, -0.2) is 10.9 Å². The van der Waals surface area contributed by atoms with E-state index in [4.69, 9.17) is 4.42 Å². The van der Waals surface area contributed by atoms with Gasteiger partial charge in [-0.25, -0.2) is 4.98 Å². The molecule has 100 valence electrons. The third-order valence-electron chi connectivity index (χ3n) is 3.47. The van der Waals surface area contributed by atoms with E-state index in [0.29, 0.717) is 11.3 Å². The van der Waals surface area contributed by atoms with Crippen LogP contribution in [0.3, 0.4) is 0 Å². The predicted molar refractivity (Wildman–Crippen MR) is 73.4 cm³/mol. The number of furan rings is 1. The number of hydrogen-bond acceptors (Lipinski definition) is 4. The molecule has 1 amide bonds. The zero-order valence-corrected chi connectivity index (χ0v) is 11.8. The van der Waals surface area contributed by atoms with Crippen LogP contribution in [0.2, 0.25) is 0 Å². The Balaban J connectivity index is 1.81. The number of rotatable bonds is 2. The van der Waals surface area contributed by atoms with Gasteiger partial charge >= 0.3 is 0 Å².